The Morgan fingerprint density at radius 2 is 1.88 bits per heavy atom. The van der Waals surface area contributed by atoms with E-state index in [1.807, 2.05) is 6.92 Å². The second kappa shape index (κ2) is 6.91. The minimum atomic E-state index is -3.67. The summed E-state index contributed by atoms with van der Waals surface area (Å²) in [6, 6.07) is 12.3. The first kappa shape index (κ1) is 16.9. The molecule has 0 aliphatic carbocycles. The molecule has 1 aliphatic heterocycles. The predicted octanol–water partition coefficient (Wildman–Crippen LogP) is 3.75. The Morgan fingerprint density at radius 3 is 2.54 bits per heavy atom. The first-order valence-electron chi connectivity index (χ1n) is 8.03. The molecule has 1 heterocycles. The van der Waals surface area contributed by atoms with Crippen LogP contribution in [0.25, 0.3) is 0 Å². The molecule has 3 rings (SSSR count). The average molecular weight is 349 g/mol. The summed E-state index contributed by atoms with van der Waals surface area (Å²) in [5.41, 5.74) is 0.435. The van der Waals surface area contributed by atoms with Crippen molar-refractivity contribution < 1.29 is 17.5 Å². The van der Waals surface area contributed by atoms with Gasteiger partial charge in [0.2, 0.25) is 10.0 Å². The van der Waals surface area contributed by atoms with Crippen molar-refractivity contribution in [1.29, 1.82) is 0 Å². The van der Waals surface area contributed by atoms with E-state index in [2.05, 4.69) is 0 Å². The summed E-state index contributed by atoms with van der Waals surface area (Å²) >= 11 is 0. The van der Waals surface area contributed by atoms with Crippen molar-refractivity contribution >= 4 is 10.0 Å². The van der Waals surface area contributed by atoms with Gasteiger partial charge in [0, 0.05) is 12.1 Å². The largest absolute Gasteiger partial charge is 0.494 e. The zero-order valence-electron chi connectivity index (χ0n) is 13.5. The minimum Gasteiger partial charge on any atom is -0.494 e. The van der Waals surface area contributed by atoms with Gasteiger partial charge in [-0.15, -0.1) is 0 Å². The summed E-state index contributed by atoms with van der Waals surface area (Å²) in [6.45, 7) is 2.79. The normalized spacial score (nSPS) is 18.7. The lowest BCUT2D eigenvalue weighted by atomic mass is 10.1. The third-order valence-electron chi connectivity index (χ3n) is 4.21. The van der Waals surface area contributed by atoms with Crippen LogP contribution in [0.5, 0.6) is 5.75 Å². The molecule has 4 nitrogen and oxygen atoms in total. The lowest BCUT2D eigenvalue weighted by molar-refractivity contribution is 0.340. The third-order valence-corrected chi connectivity index (χ3v) is 6.13. The highest BCUT2D eigenvalue weighted by Crippen LogP contribution is 2.37. The molecular formula is C18H20FNO3S. The summed E-state index contributed by atoms with van der Waals surface area (Å²) in [5, 5.41) is 0. The Labute approximate surface area is 141 Å². The number of benzene rings is 2. The van der Waals surface area contributed by atoms with Crippen molar-refractivity contribution in [2.75, 3.05) is 13.2 Å². The summed E-state index contributed by atoms with van der Waals surface area (Å²) in [6.07, 6.45) is 1.34. The molecule has 0 amide bonds. The van der Waals surface area contributed by atoms with E-state index in [9.17, 15) is 12.8 Å². The smallest absolute Gasteiger partial charge is 0.243 e. The van der Waals surface area contributed by atoms with Gasteiger partial charge in [-0.3, -0.25) is 0 Å². The lowest BCUT2D eigenvalue weighted by Gasteiger charge is -2.24. The fourth-order valence-electron chi connectivity index (χ4n) is 3.09. The van der Waals surface area contributed by atoms with Gasteiger partial charge in [-0.05, 0) is 50.1 Å². The van der Waals surface area contributed by atoms with Gasteiger partial charge < -0.3 is 4.74 Å². The molecule has 0 radical (unpaired) electrons. The average Bonchev–Trinajstić information content (AvgIpc) is 3.06. The maximum absolute atomic E-state index is 14.1. The van der Waals surface area contributed by atoms with Crippen LogP contribution in [-0.2, 0) is 10.0 Å². The van der Waals surface area contributed by atoms with Gasteiger partial charge in [0.05, 0.1) is 17.5 Å². The van der Waals surface area contributed by atoms with Crippen LogP contribution >= 0.6 is 0 Å². The van der Waals surface area contributed by atoms with E-state index in [-0.39, 0.29) is 10.7 Å². The minimum absolute atomic E-state index is 0.203. The molecule has 2 aromatic rings. The van der Waals surface area contributed by atoms with Gasteiger partial charge in [0.15, 0.2) is 0 Å². The number of ether oxygens (including phenoxy) is 1. The highest BCUT2D eigenvalue weighted by molar-refractivity contribution is 7.89. The van der Waals surface area contributed by atoms with Gasteiger partial charge in [0.25, 0.3) is 0 Å². The zero-order chi connectivity index (χ0) is 17.2. The Bertz CT molecular complexity index is 805. The Hall–Kier alpha value is -1.92. The molecule has 1 atom stereocenters. The molecule has 0 bridgehead atoms. The standard InChI is InChI=1S/C18H20FNO3S/c1-2-23-14-9-11-15(12-10-14)24(21,22)20-13-5-8-18(20)16-6-3-4-7-17(16)19/h3-4,6-7,9-12,18H,2,5,8,13H2,1H3/t18-/m0/s1. The SMILES string of the molecule is CCOc1ccc(S(=O)(=O)N2CCC[C@H]2c2ccccc2F)cc1. The van der Waals surface area contributed by atoms with E-state index >= 15 is 0 Å². The van der Waals surface area contributed by atoms with Crippen molar-refractivity contribution in [2.24, 2.45) is 0 Å². The van der Waals surface area contributed by atoms with Crippen LogP contribution in [0.15, 0.2) is 53.4 Å². The maximum atomic E-state index is 14.1. The molecule has 0 spiro atoms. The van der Waals surface area contributed by atoms with Crippen molar-refractivity contribution in [2.45, 2.75) is 30.7 Å². The number of hydrogen-bond acceptors (Lipinski definition) is 3. The fourth-order valence-corrected chi connectivity index (χ4v) is 4.77. The van der Waals surface area contributed by atoms with Crippen LogP contribution < -0.4 is 4.74 Å². The molecule has 24 heavy (non-hydrogen) atoms. The highest BCUT2D eigenvalue weighted by atomic mass is 32.2. The van der Waals surface area contributed by atoms with E-state index in [4.69, 9.17) is 4.74 Å². The van der Waals surface area contributed by atoms with Gasteiger partial charge in [-0.1, -0.05) is 18.2 Å². The van der Waals surface area contributed by atoms with E-state index in [0.29, 0.717) is 30.9 Å². The summed E-state index contributed by atoms with van der Waals surface area (Å²) in [7, 11) is -3.67. The second-order valence-electron chi connectivity index (χ2n) is 5.70. The van der Waals surface area contributed by atoms with Gasteiger partial charge in [0.1, 0.15) is 11.6 Å². The monoisotopic (exact) mass is 349 g/mol. The number of rotatable bonds is 5. The topological polar surface area (TPSA) is 46.6 Å². The quantitative estimate of drug-likeness (QED) is 0.826. The third kappa shape index (κ3) is 3.16. The molecule has 128 valence electrons. The Balaban J connectivity index is 1.92. The molecule has 1 saturated heterocycles. The van der Waals surface area contributed by atoms with Gasteiger partial charge in [-0.2, -0.15) is 4.31 Å². The van der Waals surface area contributed by atoms with Gasteiger partial charge >= 0.3 is 0 Å². The van der Waals surface area contributed by atoms with Crippen LogP contribution in [0.3, 0.4) is 0 Å². The van der Waals surface area contributed by atoms with Crippen molar-refractivity contribution in [1.82, 2.24) is 4.31 Å². The van der Waals surface area contributed by atoms with Crippen LogP contribution in [0.1, 0.15) is 31.4 Å². The second-order valence-corrected chi connectivity index (χ2v) is 7.59. The lowest BCUT2D eigenvalue weighted by Crippen LogP contribution is -2.31. The Kier molecular flexibility index (Phi) is 4.87. The van der Waals surface area contributed by atoms with Crippen LogP contribution in [0, 0.1) is 5.82 Å². The van der Waals surface area contributed by atoms with Crippen LogP contribution in [0.4, 0.5) is 4.39 Å². The van der Waals surface area contributed by atoms with E-state index in [0.717, 1.165) is 6.42 Å². The number of sulfonamides is 1. The molecule has 1 aliphatic rings. The van der Waals surface area contributed by atoms with Crippen molar-refractivity contribution in [3.05, 3.63) is 59.9 Å². The first-order chi connectivity index (χ1) is 11.5. The fraction of sp³-hybridized carbons (Fsp3) is 0.333. The van der Waals surface area contributed by atoms with E-state index < -0.39 is 16.1 Å². The highest BCUT2D eigenvalue weighted by Gasteiger charge is 2.37. The number of halogens is 1. The van der Waals surface area contributed by atoms with Crippen molar-refractivity contribution in [3.63, 3.8) is 0 Å². The summed E-state index contributed by atoms with van der Waals surface area (Å²) < 4.78 is 46.8. The Morgan fingerprint density at radius 1 is 1.17 bits per heavy atom. The molecule has 0 saturated carbocycles. The van der Waals surface area contributed by atoms with Gasteiger partial charge in [-0.25, -0.2) is 12.8 Å². The molecule has 1 fully saturated rings. The van der Waals surface area contributed by atoms with Crippen LogP contribution in [-0.4, -0.2) is 25.9 Å². The van der Waals surface area contributed by atoms with E-state index in [1.54, 1.807) is 30.3 Å². The molecule has 6 heteroatoms. The van der Waals surface area contributed by atoms with Crippen LogP contribution in [0.2, 0.25) is 0 Å². The summed E-state index contributed by atoms with van der Waals surface area (Å²) in [4.78, 5) is 0.203. The molecule has 2 aromatic carbocycles. The molecule has 0 N–H and O–H groups in total. The number of hydrogen-bond donors (Lipinski definition) is 0. The van der Waals surface area contributed by atoms with Crippen molar-refractivity contribution in [3.8, 4) is 5.75 Å². The first-order valence-corrected chi connectivity index (χ1v) is 9.47. The van der Waals surface area contributed by atoms with E-state index in [1.165, 1.54) is 22.5 Å². The predicted molar refractivity (Wildman–Crippen MR) is 89.9 cm³/mol. The number of nitrogens with zero attached hydrogens (tertiary/aromatic N) is 1. The maximum Gasteiger partial charge on any atom is 0.243 e. The molecule has 0 aromatic heterocycles. The molecular weight excluding hydrogens is 329 g/mol. The summed E-state index contributed by atoms with van der Waals surface area (Å²) in [5.74, 6) is 0.264. The zero-order valence-corrected chi connectivity index (χ0v) is 14.3. The molecule has 0 unspecified atom stereocenters.